The van der Waals surface area contributed by atoms with Crippen molar-refractivity contribution in [1.82, 2.24) is 0 Å². The Kier molecular flexibility index (Phi) is 3.20. The summed E-state index contributed by atoms with van der Waals surface area (Å²) in [6.45, 7) is 1.88. The van der Waals surface area contributed by atoms with Crippen LogP contribution in [0.5, 0.6) is 0 Å². The molecule has 70 valence electrons. The molecule has 3 nitrogen and oxygen atoms in total. The Balaban J connectivity index is 3.08. The van der Waals surface area contributed by atoms with Gasteiger partial charge in [-0.1, -0.05) is 26.6 Å². The maximum Gasteiger partial charge on any atom is 0.301 e. The second-order valence-corrected chi connectivity index (χ2v) is 4.29. The molecule has 5 heteroatoms. The van der Waals surface area contributed by atoms with Crippen molar-refractivity contribution in [1.29, 1.82) is 0 Å². The van der Waals surface area contributed by atoms with Gasteiger partial charge >= 0.3 is 10.1 Å². The molecular formula is C8H9O3PS. The minimum absolute atomic E-state index is 0.146. The van der Waals surface area contributed by atoms with Crippen LogP contribution in [0.1, 0.15) is 5.56 Å². The highest BCUT2D eigenvalue weighted by Crippen LogP contribution is 2.12. The molecule has 1 aromatic rings. The van der Waals surface area contributed by atoms with Gasteiger partial charge in [-0.3, -0.25) is 0 Å². The van der Waals surface area contributed by atoms with E-state index in [2.05, 4.69) is 13.0 Å². The maximum atomic E-state index is 11.3. The minimum atomic E-state index is -3.63. The molecule has 0 saturated heterocycles. The third-order valence-corrected chi connectivity index (χ3v) is 2.97. The van der Waals surface area contributed by atoms with E-state index in [0.717, 1.165) is 11.5 Å². The van der Waals surface area contributed by atoms with Crippen LogP contribution in [0.4, 0.5) is 0 Å². The second-order valence-electron chi connectivity index (χ2n) is 2.48. The smallest absolute Gasteiger partial charge is 0.232 e. The van der Waals surface area contributed by atoms with Gasteiger partial charge < -0.3 is 0 Å². The zero-order chi connectivity index (χ0) is 9.90. The average molecular weight is 216 g/mol. The summed E-state index contributed by atoms with van der Waals surface area (Å²) in [5, 5.41) is 0. The first-order valence-corrected chi connectivity index (χ1v) is 5.54. The molecule has 0 spiro atoms. The number of benzene rings is 1. The van der Waals surface area contributed by atoms with Crippen LogP contribution >= 0.6 is 8.86 Å². The molecule has 0 fully saturated rings. The van der Waals surface area contributed by atoms with Gasteiger partial charge in [0.1, 0.15) is 0 Å². The van der Waals surface area contributed by atoms with E-state index in [1.165, 1.54) is 12.1 Å². The standard InChI is InChI=1S/C8H9O3PS/c1-7-2-4-8(5-3-7)13(9,10)11-6-12/h2-6,12H,1H3. The van der Waals surface area contributed by atoms with Gasteiger partial charge in [0.05, 0.1) is 10.9 Å². The molecule has 0 aliphatic carbocycles. The predicted molar refractivity (Wildman–Crippen MR) is 53.8 cm³/mol. The zero-order valence-corrected chi connectivity index (χ0v) is 8.84. The van der Waals surface area contributed by atoms with E-state index in [-0.39, 0.29) is 4.90 Å². The van der Waals surface area contributed by atoms with Crippen molar-refractivity contribution >= 4 is 25.0 Å². The van der Waals surface area contributed by atoms with Crippen LogP contribution < -0.4 is 0 Å². The first kappa shape index (κ1) is 10.4. The van der Waals surface area contributed by atoms with Crippen LogP contribution in [0.3, 0.4) is 0 Å². The molecular weight excluding hydrogens is 207 g/mol. The predicted octanol–water partition coefficient (Wildman–Crippen LogP) is 1.60. The van der Waals surface area contributed by atoms with Gasteiger partial charge in [-0.2, -0.15) is 8.42 Å². The monoisotopic (exact) mass is 216 g/mol. The van der Waals surface area contributed by atoms with Crippen LogP contribution in [0.2, 0.25) is 0 Å². The number of hydrogen-bond donors (Lipinski definition) is 0. The number of aryl methyl sites for hydroxylation is 1. The lowest BCUT2D eigenvalue weighted by Gasteiger charge is -2.00. The Morgan fingerprint density at radius 2 is 1.85 bits per heavy atom. The van der Waals surface area contributed by atoms with Gasteiger partial charge in [-0.25, -0.2) is 4.18 Å². The summed E-state index contributed by atoms with van der Waals surface area (Å²) < 4.78 is 26.9. The van der Waals surface area contributed by atoms with Crippen molar-refractivity contribution in [2.45, 2.75) is 11.8 Å². The highest BCUT2D eigenvalue weighted by Gasteiger charge is 2.12. The van der Waals surface area contributed by atoms with E-state index in [9.17, 15) is 8.42 Å². The third kappa shape index (κ3) is 2.62. The lowest BCUT2D eigenvalue weighted by atomic mass is 10.2. The Morgan fingerprint density at radius 3 is 2.31 bits per heavy atom. The van der Waals surface area contributed by atoms with E-state index in [0.29, 0.717) is 0 Å². The fourth-order valence-corrected chi connectivity index (χ4v) is 1.91. The highest BCUT2D eigenvalue weighted by molar-refractivity contribution is 7.87. The fourth-order valence-electron chi connectivity index (χ4n) is 0.824. The normalized spacial score (nSPS) is 11.2. The van der Waals surface area contributed by atoms with Crippen molar-refractivity contribution in [2.24, 2.45) is 0 Å². The lowest BCUT2D eigenvalue weighted by molar-refractivity contribution is 0.496. The van der Waals surface area contributed by atoms with Crippen molar-refractivity contribution < 1.29 is 12.6 Å². The summed E-state index contributed by atoms with van der Waals surface area (Å²) in [7, 11) is -0.814. The Hall–Kier alpha value is -0.700. The Labute approximate surface area is 79.7 Å². The van der Waals surface area contributed by atoms with Gasteiger partial charge in [0.15, 0.2) is 0 Å². The van der Waals surface area contributed by atoms with Crippen molar-refractivity contribution in [3.05, 3.63) is 29.8 Å². The number of rotatable bonds is 3. The van der Waals surface area contributed by atoms with Crippen LogP contribution in [0.15, 0.2) is 29.2 Å². The van der Waals surface area contributed by atoms with Gasteiger partial charge in [0.25, 0.3) is 0 Å². The van der Waals surface area contributed by atoms with E-state index in [1.54, 1.807) is 12.1 Å². The van der Waals surface area contributed by atoms with E-state index >= 15 is 0 Å². The van der Waals surface area contributed by atoms with E-state index in [4.69, 9.17) is 0 Å². The molecule has 13 heavy (non-hydrogen) atoms. The topological polar surface area (TPSA) is 43.4 Å². The molecule has 0 radical (unpaired) electrons. The van der Waals surface area contributed by atoms with Crippen LogP contribution in [-0.2, 0) is 14.3 Å². The fraction of sp³-hybridized carbons (Fsp3) is 0.125. The van der Waals surface area contributed by atoms with Gasteiger partial charge in [-0.05, 0) is 19.1 Å². The summed E-state index contributed by atoms with van der Waals surface area (Å²) in [5.74, 6) is 0.954. The molecule has 0 aromatic heterocycles. The highest BCUT2D eigenvalue weighted by atomic mass is 32.2. The molecule has 0 saturated carbocycles. The minimum Gasteiger partial charge on any atom is -0.232 e. The van der Waals surface area contributed by atoms with Crippen LogP contribution in [0, 0.1) is 6.92 Å². The molecule has 0 amide bonds. The zero-order valence-electron chi connectivity index (χ0n) is 7.02. The summed E-state index contributed by atoms with van der Waals surface area (Å²) in [4.78, 5) is 0.146. The largest absolute Gasteiger partial charge is 0.301 e. The van der Waals surface area contributed by atoms with Gasteiger partial charge in [0.2, 0.25) is 0 Å². The van der Waals surface area contributed by atoms with Crippen molar-refractivity contribution in [3.63, 3.8) is 0 Å². The molecule has 0 unspecified atom stereocenters. The SMILES string of the molecule is Cc1ccc(S(=O)(=O)OC=P)cc1. The summed E-state index contributed by atoms with van der Waals surface area (Å²) in [6.07, 6.45) is 0. The Bertz CT molecular complexity index is 394. The first-order chi connectivity index (χ1) is 6.06. The van der Waals surface area contributed by atoms with Crippen molar-refractivity contribution in [3.8, 4) is 0 Å². The second kappa shape index (κ2) is 4.01. The van der Waals surface area contributed by atoms with Gasteiger partial charge in [0, 0.05) is 0 Å². The summed E-state index contributed by atoms with van der Waals surface area (Å²) in [6, 6.07) is 6.43. The average Bonchev–Trinajstić information content (AvgIpc) is 2.05. The van der Waals surface area contributed by atoms with Crippen molar-refractivity contribution in [2.75, 3.05) is 0 Å². The molecule has 0 aliphatic rings. The summed E-state index contributed by atoms with van der Waals surface area (Å²) in [5.41, 5.74) is 1.00. The molecule has 1 aromatic carbocycles. The van der Waals surface area contributed by atoms with Crippen LogP contribution in [-0.4, -0.2) is 14.4 Å². The third-order valence-electron chi connectivity index (χ3n) is 1.48. The molecule has 1 rings (SSSR count). The molecule has 0 N–H and O–H groups in total. The molecule has 0 heterocycles. The Morgan fingerprint density at radius 1 is 1.31 bits per heavy atom. The van der Waals surface area contributed by atoms with E-state index in [1.807, 2.05) is 6.92 Å². The summed E-state index contributed by atoms with van der Waals surface area (Å²) >= 11 is 0. The maximum absolute atomic E-state index is 11.3. The first-order valence-electron chi connectivity index (χ1n) is 3.55. The molecule has 0 bridgehead atoms. The number of hydrogen-bond acceptors (Lipinski definition) is 3. The molecule has 0 atom stereocenters. The lowest BCUT2D eigenvalue weighted by Crippen LogP contribution is -2.03. The van der Waals surface area contributed by atoms with E-state index < -0.39 is 10.1 Å². The van der Waals surface area contributed by atoms with Crippen LogP contribution in [0.25, 0.3) is 0 Å². The molecule has 0 aliphatic heterocycles. The van der Waals surface area contributed by atoms with Gasteiger partial charge in [-0.15, -0.1) is 0 Å². The quantitative estimate of drug-likeness (QED) is 0.569.